The summed E-state index contributed by atoms with van der Waals surface area (Å²) in [6.45, 7) is 0. The highest BCUT2D eigenvalue weighted by atomic mass is 32.2. The maximum atomic E-state index is 12.1. The fourth-order valence-corrected chi connectivity index (χ4v) is 5.48. The summed E-state index contributed by atoms with van der Waals surface area (Å²) in [5.41, 5.74) is 3.41. The smallest absolute Gasteiger partial charge is 0.251 e. The zero-order valence-corrected chi connectivity index (χ0v) is 14.7. The fraction of sp³-hybridized carbons (Fsp3) is 0.333. The van der Waals surface area contributed by atoms with Gasteiger partial charge in [-0.3, -0.25) is 4.79 Å². The van der Waals surface area contributed by atoms with Crippen molar-refractivity contribution >= 4 is 38.8 Å². The number of nitrogens with one attached hydrogen (secondary N) is 1. The molecule has 0 unspecified atom stereocenters. The van der Waals surface area contributed by atoms with Gasteiger partial charge in [0.15, 0.2) is 9.84 Å². The molecule has 1 aliphatic heterocycles. The molecule has 1 aromatic carbocycles. The average molecular weight is 369 g/mol. The molecule has 3 rings (SSSR count). The van der Waals surface area contributed by atoms with Crippen LogP contribution in [0.5, 0.6) is 0 Å². The third kappa shape index (κ3) is 4.55. The number of rotatable bonds is 5. The molecule has 5 nitrogen and oxygen atoms in total. The number of carbonyl (C=O) groups is 1. The van der Waals surface area contributed by atoms with Crippen molar-refractivity contribution in [2.75, 3.05) is 11.5 Å². The zero-order chi connectivity index (χ0) is 16.3. The van der Waals surface area contributed by atoms with Crippen LogP contribution in [0.15, 0.2) is 40.1 Å². The molecule has 1 amide bonds. The Bertz CT molecular complexity index is 771. The number of amides is 1. The van der Waals surface area contributed by atoms with Gasteiger partial charge >= 0.3 is 0 Å². The number of carbonyl (C=O) groups excluding carboxylic acids is 1. The lowest BCUT2D eigenvalue weighted by Gasteiger charge is -2.11. The van der Waals surface area contributed by atoms with Gasteiger partial charge in [-0.05, 0) is 30.7 Å². The second-order valence-electron chi connectivity index (χ2n) is 5.37. The lowest BCUT2D eigenvalue weighted by molar-refractivity contribution is 0.0941. The molecule has 1 saturated heterocycles. The molecule has 0 radical (unpaired) electrons. The van der Waals surface area contributed by atoms with Gasteiger partial charge in [0, 0.05) is 27.6 Å². The minimum Gasteiger partial charge on any atom is -0.348 e. The van der Waals surface area contributed by atoms with E-state index in [1.807, 2.05) is 23.0 Å². The highest BCUT2D eigenvalue weighted by molar-refractivity contribution is 7.98. The van der Waals surface area contributed by atoms with Gasteiger partial charge in [-0.25, -0.2) is 13.4 Å². The lowest BCUT2D eigenvalue weighted by atomic mass is 10.2. The van der Waals surface area contributed by atoms with Crippen molar-refractivity contribution in [3.05, 3.63) is 46.4 Å². The summed E-state index contributed by atoms with van der Waals surface area (Å²) in [4.78, 5) is 17.4. The molecule has 0 aliphatic carbocycles. The molecular weight excluding hydrogens is 352 g/mol. The molecule has 2 aromatic rings. The largest absolute Gasteiger partial charge is 0.348 e. The van der Waals surface area contributed by atoms with E-state index in [1.165, 1.54) is 0 Å². The van der Waals surface area contributed by atoms with Crippen LogP contribution in [0.3, 0.4) is 0 Å². The van der Waals surface area contributed by atoms with Gasteiger partial charge in [0.1, 0.15) is 0 Å². The Morgan fingerprint density at radius 2 is 2.13 bits per heavy atom. The standard InChI is InChI=1S/C15H16N2O3S3/c18-15(17-12-5-6-23(19,20)9-12)11-1-3-14(4-2-11)22-8-13-7-21-10-16-13/h1-4,7,10,12H,5-6,8-9H2,(H,17,18)/t12-/m1/s1. The summed E-state index contributed by atoms with van der Waals surface area (Å²) in [5, 5.41) is 4.81. The number of hydrogen-bond donors (Lipinski definition) is 1. The summed E-state index contributed by atoms with van der Waals surface area (Å²) < 4.78 is 22.8. The molecule has 23 heavy (non-hydrogen) atoms. The van der Waals surface area contributed by atoms with Crippen molar-refractivity contribution in [2.45, 2.75) is 23.1 Å². The first-order valence-electron chi connectivity index (χ1n) is 7.13. The van der Waals surface area contributed by atoms with Gasteiger partial charge in [0.2, 0.25) is 0 Å². The highest BCUT2D eigenvalue weighted by Gasteiger charge is 2.29. The summed E-state index contributed by atoms with van der Waals surface area (Å²) in [7, 11) is -2.98. The summed E-state index contributed by atoms with van der Waals surface area (Å²) in [5.74, 6) is 0.780. The first-order valence-corrected chi connectivity index (χ1v) is 10.9. The fourth-order valence-electron chi connectivity index (χ4n) is 2.35. The summed E-state index contributed by atoms with van der Waals surface area (Å²) >= 11 is 3.24. The van der Waals surface area contributed by atoms with Crippen molar-refractivity contribution in [1.29, 1.82) is 0 Å². The Hall–Kier alpha value is -1.38. The molecule has 1 fully saturated rings. The van der Waals surface area contributed by atoms with Crippen molar-refractivity contribution in [3.8, 4) is 0 Å². The van der Waals surface area contributed by atoms with Crippen LogP contribution in [0.4, 0.5) is 0 Å². The molecular formula is C15H16N2O3S3. The number of sulfone groups is 1. The third-order valence-corrected chi connectivity index (χ3v) is 7.00. The first-order chi connectivity index (χ1) is 11.0. The van der Waals surface area contributed by atoms with E-state index >= 15 is 0 Å². The zero-order valence-electron chi connectivity index (χ0n) is 12.3. The van der Waals surface area contributed by atoms with Crippen LogP contribution < -0.4 is 5.32 Å². The number of benzene rings is 1. The Labute approximate surface area is 143 Å². The molecule has 1 aromatic heterocycles. The predicted molar refractivity (Wildman–Crippen MR) is 92.6 cm³/mol. The van der Waals surface area contributed by atoms with E-state index in [0.29, 0.717) is 12.0 Å². The lowest BCUT2D eigenvalue weighted by Crippen LogP contribution is -2.35. The number of nitrogens with zero attached hydrogens (tertiary/aromatic N) is 1. The van der Waals surface area contributed by atoms with Crippen LogP contribution in [-0.2, 0) is 15.6 Å². The van der Waals surface area contributed by atoms with Crippen LogP contribution in [0.25, 0.3) is 0 Å². The topological polar surface area (TPSA) is 76.1 Å². The van der Waals surface area contributed by atoms with E-state index in [-0.39, 0.29) is 23.5 Å². The van der Waals surface area contributed by atoms with Crippen molar-refractivity contribution in [2.24, 2.45) is 0 Å². The third-order valence-electron chi connectivity index (χ3n) is 3.55. The molecule has 1 aliphatic rings. The monoisotopic (exact) mass is 368 g/mol. The van der Waals surface area contributed by atoms with Gasteiger partial charge < -0.3 is 5.32 Å². The predicted octanol–water partition coefficient (Wildman–Crippen LogP) is 2.35. The normalized spacial score (nSPS) is 19.6. The minimum atomic E-state index is -2.98. The first kappa shape index (κ1) is 16.5. The van der Waals surface area contributed by atoms with Crippen molar-refractivity contribution < 1.29 is 13.2 Å². The maximum absolute atomic E-state index is 12.1. The van der Waals surface area contributed by atoms with Crippen LogP contribution in [-0.4, -0.2) is 36.9 Å². The summed E-state index contributed by atoms with van der Waals surface area (Å²) in [6, 6.07) is 7.06. The van der Waals surface area contributed by atoms with Crippen LogP contribution >= 0.6 is 23.1 Å². The second kappa shape index (κ2) is 7.02. The molecule has 1 atom stereocenters. The minimum absolute atomic E-state index is 0.0420. The molecule has 0 spiro atoms. The molecule has 122 valence electrons. The quantitative estimate of drug-likeness (QED) is 0.820. The van der Waals surface area contributed by atoms with Crippen molar-refractivity contribution in [3.63, 3.8) is 0 Å². The Kier molecular flexibility index (Phi) is 5.03. The summed E-state index contributed by atoms with van der Waals surface area (Å²) in [6.07, 6.45) is 0.496. The second-order valence-corrected chi connectivity index (χ2v) is 9.36. The molecule has 1 N–H and O–H groups in total. The number of hydrogen-bond acceptors (Lipinski definition) is 6. The van der Waals surface area contributed by atoms with E-state index in [4.69, 9.17) is 0 Å². The average Bonchev–Trinajstić information content (AvgIpc) is 3.15. The van der Waals surface area contributed by atoms with Crippen LogP contribution in [0, 0.1) is 0 Å². The van der Waals surface area contributed by atoms with Crippen LogP contribution in [0.1, 0.15) is 22.5 Å². The molecule has 0 bridgehead atoms. The van der Waals surface area contributed by atoms with Gasteiger partial charge in [-0.1, -0.05) is 0 Å². The van der Waals surface area contributed by atoms with E-state index in [0.717, 1.165) is 16.3 Å². The van der Waals surface area contributed by atoms with Gasteiger partial charge in [0.05, 0.1) is 22.7 Å². The number of thiazole rings is 1. The van der Waals surface area contributed by atoms with E-state index < -0.39 is 9.84 Å². The van der Waals surface area contributed by atoms with Gasteiger partial charge in [-0.15, -0.1) is 23.1 Å². The molecule has 8 heteroatoms. The van der Waals surface area contributed by atoms with E-state index in [1.54, 1.807) is 35.2 Å². The Morgan fingerprint density at radius 3 is 2.74 bits per heavy atom. The number of aromatic nitrogens is 1. The van der Waals surface area contributed by atoms with Gasteiger partial charge in [0.25, 0.3) is 5.91 Å². The highest BCUT2D eigenvalue weighted by Crippen LogP contribution is 2.23. The number of thioether (sulfide) groups is 1. The van der Waals surface area contributed by atoms with Crippen LogP contribution in [0.2, 0.25) is 0 Å². The van der Waals surface area contributed by atoms with E-state index in [2.05, 4.69) is 10.3 Å². The Morgan fingerprint density at radius 1 is 1.35 bits per heavy atom. The molecule has 0 saturated carbocycles. The maximum Gasteiger partial charge on any atom is 0.251 e. The SMILES string of the molecule is O=C(N[C@@H]1CCS(=O)(=O)C1)c1ccc(SCc2cscn2)cc1. The van der Waals surface area contributed by atoms with E-state index in [9.17, 15) is 13.2 Å². The van der Waals surface area contributed by atoms with Gasteiger partial charge in [-0.2, -0.15) is 0 Å². The van der Waals surface area contributed by atoms with Crippen molar-refractivity contribution in [1.82, 2.24) is 10.3 Å². The molecule has 2 heterocycles. The Balaban J connectivity index is 1.55.